The first kappa shape index (κ1) is 23.6. The van der Waals surface area contributed by atoms with Crippen LogP contribution < -0.4 is 19.4 Å². The molecule has 4 rings (SSSR count). The fraction of sp³-hybridized carbons (Fsp3) is 0.200. The maximum absolute atomic E-state index is 6.59. The lowest BCUT2D eigenvalue weighted by Crippen LogP contribution is -2.16. The molecule has 34 heavy (non-hydrogen) atoms. The smallest absolute Gasteiger partial charge is 0.204 e. The first-order valence-electron chi connectivity index (χ1n) is 11.8. The molecule has 0 amide bonds. The van der Waals surface area contributed by atoms with E-state index in [-0.39, 0.29) is 18.3 Å². The average Bonchev–Trinajstić information content (AvgIpc) is 2.89. The van der Waals surface area contributed by atoms with Crippen LogP contribution in [0.5, 0.6) is 17.2 Å². The Labute approximate surface area is 205 Å². The van der Waals surface area contributed by atoms with Crippen LogP contribution in [0.25, 0.3) is 0 Å². The largest absolute Gasteiger partial charge is 0.482 e. The van der Waals surface area contributed by atoms with Gasteiger partial charge in [0, 0.05) is 10.2 Å². The van der Waals surface area contributed by atoms with Gasteiger partial charge in [-0.2, -0.15) is 0 Å². The second kappa shape index (κ2) is 11.1. The Balaban J connectivity index is 1.70. The maximum Gasteiger partial charge on any atom is 0.204 e. The Kier molecular flexibility index (Phi) is 7.71. The average molecular weight is 469 g/mol. The summed E-state index contributed by atoms with van der Waals surface area (Å²) in [6, 6.07) is 34.8. The SMILES string of the molecule is CC(Oc1ccc([SiH3])c(OC(C)c2ccccc2)c1OC(C)c1ccccc1)c1ccccc1. The van der Waals surface area contributed by atoms with E-state index in [9.17, 15) is 0 Å². The van der Waals surface area contributed by atoms with E-state index in [1.807, 2.05) is 60.7 Å². The molecule has 0 radical (unpaired) electrons. The molecule has 4 aromatic rings. The molecular weight excluding hydrogens is 436 g/mol. The molecule has 0 N–H and O–H groups in total. The van der Waals surface area contributed by atoms with Gasteiger partial charge in [-0.25, -0.2) is 0 Å². The van der Waals surface area contributed by atoms with Gasteiger partial charge in [-0.05, 0) is 48.7 Å². The third-order valence-electron chi connectivity index (χ3n) is 5.97. The Hall–Kier alpha value is -3.50. The molecule has 0 heterocycles. The maximum atomic E-state index is 6.59. The molecular formula is C30H32O3Si. The third kappa shape index (κ3) is 5.70. The summed E-state index contributed by atoms with van der Waals surface area (Å²) in [5.41, 5.74) is 3.33. The first-order chi connectivity index (χ1) is 16.5. The summed E-state index contributed by atoms with van der Waals surface area (Å²) in [5, 5.41) is 1.14. The van der Waals surface area contributed by atoms with Crippen LogP contribution in [0.2, 0.25) is 0 Å². The summed E-state index contributed by atoms with van der Waals surface area (Å²) in [7, 11) is 0.824. The summed E-state index contributed by atoms with van der Waals surface area (Å²) in [6.45, 7) is 6.19. The molecule has 4 heteroatoms. The molecule has 3 atom stereocenters. The second-order valence-corrected chi connectivity index (χ2v) is 9.63. The van der Waals surface area contributed by atoms with E-state index in [0.717, 1.165) is 37.9 Å². The number of rotatable bonds is 9. The highest BCUT2D eigenvalue weighted by atomic mass is 28.1. The van der Waals surface area contributed by atoms with Crippen molar-refractivity contribution >= 4 is 15.4 Å². The van der Waals surface area contributed by atoms with Crippen molar-refractivity contribution < 1.29 is 14.2 Å². The molecule has 0 aliphatic heterocycles. The van der Waals surface area contributed by atoms with Crippen molar-refractivity contribution in [1.29, 1.82) is 0 Å². The summed E-state index contributed by atoms with van der Waals surface area (Å²) >= 11 is 0. The van der Waals surface area contributed by atoms with Crippen molar-refractivity contribution in [2.45, 2.75) is 39.1 Å². The van der Waals surface area contributed by atoms with Gasteiger partial charge in [0.05, 0.1) is 0 Å². The fourth-order valence-corrected chi connectivity index (χ4v) is 4.43. The molecule has 0 aromatic heterocycles. The quantitative estimate of drug-likeness (QED) is 0.278. The fourth-order valence-electron chi connectivity index (χ4n) is 3.91. The molecule has 0 saturated carbocycles. The number of hydrogen-bond acceptors (Lipinski definition) is 3. The van der Waals surface area contributed by atoms with Gasteiger partial charge in [0.15, 0.2) is 11.5 Å². The van der Waals surface area contributed by atoms with Gasteiger partial charge in [0.1, 0.15) is 18.3 Å². The Morgan fingerprint density at radius 3 is 1.29 bits per heavy atom. The van der Waals surface area contributed by atoms with Crippen molar-refractivity contribution in [2.75, 3.05) is 0 Å². The standard InChI is InChI=1S/C30H32O3Si/c1-21(24-13-7-4-8-14-24)31-27-19-20-28(34)30(33-23(3)26-17-11-6-12-18-26)29(27)32-22(2)25-15-9-5-10-16-25/h4-23H,1-3,34H3. The molecule has 4 aromatic carbocycles. The van der Waals surface area contributed by atoms with Gasteiger partial charge >= 0.3 is 0 Å². The van der Waals surface area contributed by atoms with Crippen LogP contribution in [0.4, 0.5) is 0 Å². The van der Waals surface area contributed by atoms with Crippen LogP contribution >= 0.6 is 0 Å². The van der Waals surface area contributed by atoms with E-state index >= 15 is 0 Å². The molecule has 0 aliphatic carbocycles. The van der Waals surface area contributed by atoms with Gasteiger partial charge in [-0.1, -0.05) is 97.1 Å². The van der Waals surface area contributed by atoms with Crippen molar-refractivity contribution in [1.82, 2.24) is 0 Å². The van der Waals surface area contributed by atoms with E-state index in [2.05, 4.69) is 63.2 Å². The number of ether oxygens (including phenoxy) is 3. The van der Waals surface area contributed by atoms with E-state index in [1.165, 1.54) is 0 Å². The monoisotopic (exact) mass is 468 g/mol. The normalized spacial score (nSPS) is 13.6. The van der Waals surface area contributed by atoms with Crippen LogP contribution in [-0.2, 0) is 0 Å². The molecule has 0 saturated heterocycles. The minimum Gasteiger partial charge on any atom is -0.482 e. The Bertz CT molecular complexity index is 1180. The van der Waals surface area contributed by atoms with E-state index in [4.69, 9.17) is 14.2 Å². The van der Waals surface area contributed by atoms with Crippen LogP contribution in [0.1, 0.15) is 55.8 Å². The van der Waals surface area contributed by atoms with Gasteiger partial charge < -0.3 is 14.2 Å². The predicted molar refractivity (Wildman–Crippen MR) is 142 cm³/mol. The van der Waals surface area contributed by atoms with Crippen LogP contribution in [0, 0.1) is 0 Å². The molecule has 3 nitrogen and oxygen atoms in total. The topological polar surface area (TPSA) is 27.7 Å². The highest BCUT2D eigenvalue weighted by molar-refractivity contribution is 6.34. The third-order valence-corrected chi connectivity index (χ3v) is 6.76. The Morgan fingerprint density at radius 1 is 0.471 bits per heavy atom. The lowest BCUT2D eigenvalue weighted by Gasteiger charge is -2.26. The van der Waals surface area contributed by atoms with E-state index in [0.29, 0.717) is 11.5 Å². The first-order valence-corrected chi connectivity index (χ1v) is 12.8. The zero-order valence-electron chi connectivity index (χ0n) is 20.3. The van der Waals surface area contributed by atoms with Crippen molar-refractivity contribution in [3.05, 3.63) is 120 Å². The van der Waals surface area contributed by atoms with Crippen molar-refractivity contribution in [3.8, 4) is 17.2 Å². The molecule has 174 valence electrons. The molecule has 0 bridgehead atoms. The summed E-state index contributed by atoms with van der Waals surface area (Å²) in [4.78, 5) is 0. The zero-order valence-corrected chi connectivity index (χ0v) is 22.3. The number of benzene rings is 4. The van der Waals surface area contributed by atoms with Crippen molar-refractivity contribution in [2.24, 2.45) is 0 Å². The highest BCUT2D eigenvalue weighted by Gasteiger charge is 2.22. The van der Waals surface area contributed by atoms with E-state index in [1.54, 1.807) is 0 Å². The molecule has 0 aliphatic rings. The second-order valence-electron chi connectivity index (χ2n) is 8.55. The lowest BCUT2D eigenvalue weighted by molar-refractivity contribution is 0.163. The molecule has 3 unspecified atom stereocenters. The van der Waals surface area contributed by atoms with Crippen LogP contribution in [0.15, 0.2) is 103 Å². The zero-order chi connectivity index (χ0) is 23.9. The summed E-state index contributed by atoms with van der Waals surface area (Å²) in [5.74, 6) is 2.12. The van der Waals surface area contributed by atoms with Crippen LogP contribution in [-0.4, -0.2) is 10.2 Å². The van der Waals surface area contributed by atoms with Gasteiger partial charge in [0.2, 0.25) is 5.75 Å². The molecule has 0 fully saturated rings. The van der Waals surface area contributed by atoms with E-state index < -0.39 is 0 Å². The van der Waals surface area contributed by atoms with Crippen LogP contribution in [0.3, 0.4) is 0 Å². The summed E-state index contributed by atoms with van der Waals surface area (Å²) < 4.78 is 19.6. The predicted octanol–water partition coefficient (Wildman–Crippen LogP) is 6.10. The highest BCUT2D eigenvalue weighted by Crippen LogP contribution is 2.42. The van der Waals surface area contributed by atoms with Gasteiger partial charge in [-0.3, -0.25) is 0 Å². The lowest BCUT2D eigenvalue weighted by atomic mass is 10.1. The van der Waals surface area contributed by atoms with Gasteiger partial charge in [-0.15, -0.1) is 0 Å². The van der Waals surface area contributed by atoms with Gasteiger partial charge in [0.25, 0.3) is 0 Å². The molecule has 0 spiro atoms. The Morgan fingerprint density at radius 2 is 0.853 bits per heavy atom. The minimum absolute atomic E-state index is 0.120. The summed E-state index contributed by atoms with van der Waals surface area (Å²) in [6.07, 6.45) is -0.409. The number of hydrogen-bond donors (Lipinski definition) is 0. The minimum atomic E-state index is -0.159. The van der Waals surface area contributed by atoms with Crippen molar-refractivity contribution in [3.63, 3.8) is 0 Å².